The van der Waals surface area contributed by atoms with Gasteiger partial charge in [-0.15, -0.1) is 0 Å². The van der Waals surface area contributed by atoms with E-state index in [9.17, 15) is 0 Å². The standard InChI is InChI=1S/C13H16BrN/c14-13-6-2-1-5-12(13)10-11-4-3-8-15-9-7-11/h1-2,5-6,10,15H,3-4,7-9H2/b11-10-. The minimum absolute atomic E-state index is 1.12. The van der Waals surface area contributed by atoms with Gasteiger partial charge < -0.3 is 5.32 Å². The van der Waals surface area contributed by atoms with Crippen LogP contribution in [0.1, 0.15) is 24.8 Å². The van der Waals surface area contributed by atoms with Gasteiger partial charge in [0.15, 0.2) is 0 Å². The first-order valence-corrected chi connectivity index (χ1v) is 6.30. The summed E-state index contributed by atoms with van der Waals surface area (Å²) in [6.07, 6.45) is 6.00. The van der Waals surface area contributed by atoms with Gasteiger partial charge in [-0.05, 0) is 44.0 Å². The Kier molecular flexibility index (Phi) is 3.98. The molecule has 1 aromatic carbocycles. The lowest BCUT2D eigenvalue weighted by Gasteiger charge is -2.03. The number of rotatable bonds is 1. The smallest absolute Gasteiger partial charge is 0.0247 e. The third-order valence-electron chi connectivity index (χ3n) is 2.74. The summed E-state index contributed by atoms with van der Waals surface area (Å²) in [4.78, 5) is 0. The van der Waals surface area contributed by atoms with E-state index < -0.39 is 0 Å². The Labute approximate surface area is 99.7 Å². The van der Waals surface area contributed by atoms with Crippen LogP contribution in [0, 0.1) is 0 Å². The molecule has 1 heterocycles. The highest BCUT2D eigenvalue weighted by Gasteiger charge is 2.04. The summed E-state index contributed by atoms with van der Waals surface area (Å²) in [6.45, 7) is 2.28. The molecule has 0 spiro atoms. The van der Waals surface area contributed by atoms with Crippen molar-refractivity contribution >= 4 is 22.0 Å². The summed E-state index contributed by atoms with van der Waals surface area (Å²) in [5, 5.41) is 3.43. The average molecular weight is 266 g/mol. The fourth-order valence-electron chi connectivity index (χ4n) is 1.90. The van der Waals surface area contributed by atoms with Crippen molar-refractivity contribution in [1.82, 2.24) is 5.32 Å². The molecule has 2 heteroatoms. The molecule has 1 aromatic rings. The lowest BCUT2D eigenvalue weighted by Crippen LogP contribution is -2.13. The number of nitrogens with one attached hydrogen (secondary N) is 1. The van der Waals surface area contributed by atoms with Crippen LogP contribution in [-0.2, 0) is 0 Å². The van der Waals surface area contributed by atoms with Gasteiger partial charge in [0, 0.05) is 4.47 Å². The number of halogens is 1. The summed E-state index contributed by atoms with van der Waals surface area (Å²) >= 11 is 3.58. The Morgan fingerprint density at radius 2 is 2.00 bits per heavy atom. The van der Waals surface area contributed by atoms with E-state index in [1.807, 2.05) is 0 Å². The molecule has 0 aromatic heterocycles. The predicted molar refractivity (Wildman–Crippen MR) is 68.8 cm³/mol. The quantitative estimate of drug-likeness (QED) is 0.818. The normalized spacial score (nSPS) is 20.2. The van der Waals surface area contributed by atoms with E-state index in [2.05, 4.69) is 51.6 Å². The Morgan fingerprint density at radius 3 is 2.87 bits per heavy atom. The fraction of sp³-hybridized carbons (Fsp3) is 0.385. The summed E-state index contributed by atoms with van der Waals surface area (Å²) in [5.74, 6) is 0. The van der Waals surface area contributed by atoms with Crippen LogP contribution in [0.25, 0.3) is 6.08 Å². The average Bonchev–Trinajstić information content (AvgIpc) is 2.50. The molecule has 80 valence electrons. The van der Waals surface area contributed by atoms with Gasteiger partial charge in [-0.1, -0.05) is 45.8 Å². The second-order valence-electron chi connectivity index (χ2n) is 3.93. The minimum atomic E-state index is 1.12. The molecule has 1 aliphatic heterocycles. The molecule has 0 bridgehead atoms. The highest BCUT2D eigenvalue weighted by molar-refractivity contribution is 9.10. The number of hydrogen-bond donors (Lipinski definition) is 1. The van der Waals surface area contributed by atoms with Crippen molar-refractivity contribution in [3.63, 3.8) is 0 Å². The van der Waals surface area contributed by atoms with Gasteiger partial charge >= 0.3 is 0 Å². The van der Waals surface area contributed by atoms with E-state index in [-0.39, 0.29) is 0 Å². The fourth-order valence-corrected chi connectivity index (χ4v) is 2.30. The van der Waals surface area contributed by atoms with Crippen LogP contribution in [0.15, 0.2) is 34.3 Å². The van der Waals surface area contributed by atoms with Gasteiger partial charge in [0.2, 0.25) is 0 Å². The first-order chi connectivity index (χ1) is 7.36. The maximum atomic E-state index is 3.58. The Hall–Kier alpha value is -0.600. The Balaban J connectivity index is 2.17. The van der Waals surface area contributed by atoms with Crippen molar-refractivity contribution in [3.8, 4) is 0 Å². The van der Waals surface area contributed by atoms with Gasteiger partial charge in [-0.3, -0.25) is 0 Å². The SMILES string of the molecule is Brc1ccccc1/C=C1/CCCNCC1. The second kappa shape index (κ2) is 5.47. The minimum Gasteiger partial charge on any atom is -0.316 e. The van der Waals surface area contributed by atoms with Gasteiger partial charge in [-0.2, -0.15) is 0 Å². The van der Waals surface area contributed by atoms with Crippen molar-refractivity contribution in [3.05, 3.63) is 39.9 Å². The van der Waals surface area contributed by atoms with Gasteiger partial charge in [0.05, 0.1) is 0 Å². The second-order valence-corrected chi connectivity index (χ2v) is 4.78. The van der Waals surface area contributed by atoms with Crippen LogP contribution >= 0.6 is 15.9 Å². The van der Waals surface area contributed by atoms with E-state index >= 15 is 0 Å². The molecular weight excluding hydrogens is 250 g/mol. The van der Waals surface area contributed by atoms with Crippen molar-refractivity contribution in [1.29, 1.82) is 0 Å². The van der Waals surface area contributed by atoms with Crippen molar-refractivity contribution in [2.75, 3.05) is 13.1 Å². The van der Waals surface area contributed by atoms with E-state index in [0.29, 0.717) is 0 Å². The lowest BCUT2D eigenvalue weighted by molar-refractivity contribution is 0.703. The van der Waals surface area contributed by atoms with Crippen molar-refractivity contribution in [2.24, 2.45) is 0 Å². The van der Waals surface area contributed by atoms with E-state index in [1.54, 1.807) is 5.57 Å². The largest absolute Gasteiger partial charge is 0.316 e. The summed E-state index contributed by atoms with van der Waals surface area (Å²) in [6, 6.07) is 8.41. The van der Waals surface area contributed by atoms with Gasteiger partial charge in [0.1, 0.15) is 0 Å². The zero-order valence-electron chi connectivity index (χ0n) is 8.80. The molecule has 0 radical (unpaired) electrons. The van der Waals surface area contributed by atoms with E-state index in [4.69, 9.17) is 0 Å². The monoisotopic (exact) mass is 265 g/mol. The molecule has 1 fully saturated rings. The molecule has 0 saturated carbocycles. The Bertz CT molecular complexity index is 347. The topological polar surface area (TPSA) is 12.0 Å². The molecule has 0 atom stereocenters. The van der Waals surface area contributed by atoms with Crippen LogP contribution in [0.5, 0.6) is 0 Å². The molecular formula is C13H16BrN. The molecule has 1 nitrogen and oxygen atoms in total. The summed E-state index contributed by atoms with van der Waals surface area (Å²) < 4.78 is 1.19. The molecule has 0 unspecified atom stereocenters. The predicted octanol–water partition coefficient (Wildman–Crippen LogP) is 3.61. The summed E-state index contributed by atoms with van der Waals surface area (Å²) in [5.41, 5.74) is 2.86. The maximum Gasteiger partial charge on any atom is 0.0247 e. The lowest BCUT2D eigenvalue weighted by atomic mass is 10.0. The van der Waals surface area contributed by atoms with Crippen LogP contribution in [0.3, 0.4) is 0 Å². The molecule has 1 N–H and O–H groups in total. The third-order valence-corrected chi connectivity index (χ3v) is 3.46. The van der Waals surface area contributed by atoms with Gasteiger partial charge in [-0.25, -0.2) is 0 Å². The molecule has 15 heavy (non-hydrogen) atoms. The molecule has 2 rings (SSSR count). The molecule has 0 aliphatic carbocycles. The molecule has 0 amide bonds. The van der Waals surface area contributed by atoms with Crippen LogP contribution < -0.4 is 5.32 Å². The van der Waals surface area contributed by atoms with E-state index in [1.165, 1.54) is 29.3 Å². The first-order valence-electron chi connectivity index (χ1n) is 5.51. The van der Waals surface area contributed by atoms with Crippen molar-refractivity contribution < 1.29 is 0 Å². The maximum absolute atomic E-state index is 3.58. The highest BCUT2D eigenvalue weighted by Crippen LogP contribution is 2.22. The van der Waals surface area contributed by atoms with Crippen LogP contribution in [0.2, 0.25) is 0 Å². The van der Waals surface area contributed by atoms with Crippen LogP contribution in [-0.4, -0.2) is 13.1 Å². The molecule has 1 aliphatic rings. The van der Waals surface area contributed by atoms with Crippen molar-refractivity contribution in [2.45, 2.75) is 19.3 Å². The Morgan fingerprint density at radius 1 is 1.13 bits per heavy atom. The zero-order valence-corrected chi connectivity index (χ0v) is 10.4. The number of hydrogen-bond acceptors (Lipinski definition) is 1. The molecule has 1 saturated heterocycles. The number of benzene rings is 1. The highest BCUT2D eigenvalue weighted by atomic mass is 79.9. The zero-order chi connectivity index (χ0) is 10.5. The first kappa shape index (κ1) is 10.9. The van der Waals surface area contributed by atoms with E-state index in [0.717, 1.165) is 13.1 Å². The summed E-state index contributed by atoms with van der Waals surface area (Å²) in [7, 11) is 0. The van der Waals surface area contributed by atoms with Crippen LogP contribution in [0.4, 0.5) is 0 Å². The third kappa shape index (κ3) is 3.18. The van der Waals surface area contributed by atoms with Gasteiger partial charge in [0.25, 0.3) is 0 Å².